The topological polar surface area (TPSA) is 57.6 Å². The van der Waals surface area contributed by atoms with E-state index < -0.39 is 11.4 Å². The number of carboxylic acid groups (broad SMARTS) is 1. The van der Waals surface area contributed by atoms with Crippen LogP contribution in [0.25, 0.3) is 0 Å². The Labute approximate surface area is 101 Å². The number of allylic oxidation sites excluding steroid dienone is 1. The SMILES string of the molecule is C/C(=C\C(=O)N1CC[C@@](C)(C(=O)O)C1)C1CC1. The monoisotopic (exact) mass is 237 g/mol. The van der Waals surface area contributed by atoms with Crippen LogP contribution < -0.4 is 0 Å². The minimum Gasteiger partial charge on any atom is -0.481 e. The van der Waals surface area contributed by atoms with Gasteiger partial charge in [0.25, 0.3) is 0 Å². The molecule has 1 saturated heterocycles. The summed E-state index contributed by atoms with van der Waals surface area (Å²) in [6.45, 7) is 4.58. The van der Waals surface area contributed by atoms with Crippen LogP contribution in [0, 0.1) is 11.3 Å². The van der Waals surface area contributed by atoms with Gasteiger partial charge in [-0.15, -0.1) is 0 Å². The number of carbonyl (C=O) groups is 2. The smallest absolute Gasteiger partial charge is 0.311 e. The Morgan fingerprint density at radius 2 is 2.06 bits per heavy atom. The number of hydrogen-bond donors (Lipinski definition) is 1. The molecule has 4 nitrogen and oxygen atoms in total. The molecule has 0 aromatic rings. The third kappa shape index (κ3) is 2.51. The molecule has 1 aliphatic heterocycles. The van der Waals surface area contributed by atoms with Gasteiger partial charge in [0, 0.05) is 19.2 Å². The van der Waals surface area contributed by atoms with Crippen LogP contribution in [0.5, 0.6) is 0 Å². The second-order valence-electron chi connectivity index (χ2n) is 5.54. The largest absolute Gasteiger partial charge is 0.481 e. The third-order valence-electron chi connectivity index (χ3n) is 3.87. The van der Waals surface area contributed by atoms with Gasteiger partial charge in [-0.2, -0.15) is 0 Å². The lowest BCUT2D eigenvalue weighted by Crippen LogP contribution is -2.34. The van der Waals surface area contributed by atoms with E-state index in [0.29, 0.717) is 25.4 Å². The summed E-state index contributed by atoms with van der Waals surface area (Å²) in [6, 6.07) is 0. The van der Waals surface area contributed by atoms with Crippen molar-refractivity contribution >= 4 is 11.9 Å². The molecule has 0 unspecified atom stereocenters. The molecule has 1 N–H and O–H groups in total. The van der Waals surface area contributed by atoms with Gasteiger partial charge in [-0.3, -0.25) is 9.59 Å². The number of rotatable bonds is 3. The van der Waals surface area contributed by atoms with E-state index in [1.165, 1.54) is 12.8 Å². The fourth-order valence-electron chi connectivity index (χ4n) is 2.27. The number of carbonyl (C=O) groups excluding carboxylic acids is 1. The minimum absolute atomic E-state index is 0.0284. The molecule has 1 aliphatic carbocycles. The highest BCUT2D eigenvalue weighted by Crippen LogP contribution is 2.36. The standard InChI is InChI=1S/C13H19NO3/c1-9(10-3-4-10)7-11(15)14-6-5-13(2,8-14)12(16)17/h7,10H,3-6,8H2,1-2H3,(H,16,17)/b9-7+/t13-/m1/s1. The van der Waals surface area contributed by atoms with Gasteiger partial charge >= 0.3 is 5.97 Å². The first-order valence-corrected chi connectivity index (χ1v) is 6.13. The summed E-state index contributed by atoms with van der Waals surface area (Å²) in [5.74, 6) is -0.248. The van der Waals surface area contributed by atoms with E-state index >= 15 is 0 Å². The molecule has 0 aromatic carbocycles. The first-order valence-electron chi connectivity index (χ1n) is 6.13. The summed E-state index contributed by atoms with van der Waals surface area (Å²) < 4.78 is 0. The molecule has 1 amide bonds. The van der Waals surface area contributed by atoms with Gasteiger partial charge in [0.2, 0.25) is 5.91 Å². The second-order valence-corrected chi connectivity index (χ2v) is 5.54. The molecule has 2 rings (SSSR count). The quantitative estimate of drug-likeness (QED) is 0.759. The first kappa shape index (κ1) is 12.1. The van der Waals surface area contributed by atoms with E-state index in [1.807, 2.05) is 6.92 Å². The number of hydrogen-bond acceptors (Lipinski definition) is 2. The molecular weight excluding hydrogens is 218 g/mol. The summed E-state index contributed by atoms with van der Waals surface area (Å²) in [4.78, 5) is 24.7. The van der Waals surface area contributed by atoms with Crippen LogP contribution in [0.3, 0.4) is 0 Å². The third-order valence-corrected chi connectivity index (χ3v) is 3.87. The van der Waals surface area contributed by atoms with Crippen LogP contribution in [0.1, 0.15) is 33.1 Å². The molecule has 17 heavy (non-hydrogen) atoms. The predicted molar refractivity (Wildman–Crippen MR) is 63.4 cm³/mol. The zero-order valence-electron chi connectivity index (χ0n) is 10.4. The molecule has 0 aromatic heterocycles. The van der Waals surface area contributed by atoms with Crippen molar-refractivity contribution in [3.05, 3.63) is 11.6 Å². The fraction of sp³-hybridized carbons (Fsp3) is 0.692. The van der Waals surface area contributed by atoms with Gasteiger partial charge in [-0.25, -0.2) is 0 Å². The van der Waals surface area contributed by atoms with Crippen LogP contribution in [-0.4, -0.2) is 35.0 Å². The van der Waals surface area contributed by atoms with Crippen molar-refractivity contribution in [2.75, 3.05) is 13.1 Å². The van der Waals surface area contributed by atoms with Crippen LogP contribution in [-0.2, 0) is 9.59 Å². The molecule has 2 aliphatic rings. The van der Waals surface area contributed by atoms with E-state index in [0.717, 1.165) is 5.57 Å². The maximum absolute atomic E-state index is 12.0. The van der Waals surface area contributed by atoms with Crippen LogP contribution in [0.2, 0.25) is 0 Å². The second kappa shape index (κ2) is 4.17. The highest BCUT2D eigenvalue weighted by atomic mass is 16.4. The zero-order chi connectivity index (χ0) is 12.6. The molecule has 1 saturated carbocycles. The lowest BCUT2D eigenvalue weighted by atomic mass is 9.90. The van der Waals surface area contributed by atoms with Crippen molar-refractivity contribution in [1.29, 1.82) is 0 Å². The molecule has 1 atom stereocenters. The summed E-state index contributed by atoms with van der Waals surface area (Å²) in [5, 5.41) is 9.10. The number of nitrogens with zero attached hydrogens (tertiary/aromatic N) is 1. The van der Waals surface area contributed by atoms with E-state index in [9.17, 15) is 9.59 Å². The highest BCUT2D eigenvalue weighted by Gasteiger charge is 2.41. The Hall–Kier alpha value is -1.32. The highest BCUT2D eigenvalue weighted by molar-refractivity contribution is 5.89. The summed E-state index contributed by atoms with van der Waals surface area (Å²) >= 11 is 0. The molecule has 94 valence electrons. The molecule has 0 bridgehead atoms. The van der Waals surface area contributed by atoms with Crippen molar-refractivity contribution in [2.24, 2.45) is 11.3 Å². The van der Waals surface area contributed by atoms with Crippen LogP contribution in [0.4, 0.5) is 0 Å². The summed E-state index contributed by atoms with van der Waals surface area (Å²) in [5.41, 5.74) is 0.371. The van der Waals surface area contributed by atoms with Crippen molar-refractivity contribution in [3.63, 3.8) is 0 Å². The van der Waals surface area contributed by atoms with E-state index in [4.69, 9.17) is 5.11 Å². The Morgan fingerprint density at radius 3 is 2.53 bits per heavy atom. The minimum atomic E-state index is -0.810. The Balaban J connectivity index is 1.98. The summed E-state index contributed by atoms with van der Waals surface area (Å²) in [6.07, 6.45) is 4.60. The number of carboxylic acids is 1. The normalized spacial score (nSPS) is 29.5. The number of aliphatic carboxylic acids is 1. The van der Waals surface area contributed by atoms with Gasteiger partial charge in [0.1, 0.15) is 0 Å². The van der Waals surface area contributed by atoms with Crippen molar-refractivity contribution < 1.29 is 14.7 Å². The Morgan fingerprint density at radius 1 is 1.41 bits per heavy atom. The maximum Gasteiger partial charge on any atom is 0.311 e. The lowest BCUT2D eigenvalue weighted by molar-refractivity contribution is -0.147. The summed E-state index contributed by atoms with van der Waals surface area (Å²) in [7, 11) is 0. The van der Waals surface area contributed by atoms with Gasteiger partial charge in [0.15, 0.2) is 0 Å². The molecular formula is C13H19NO3. The number of amides is 1. The lowest BCUT2D eigenvalue weighted by Gasteiger charge is -2.19. The van der Waals surface area contributed by atoms with Crippen LogP contribution in [0.15, 0.2) is 11.6 Å². The van der Waals surface area contributed by atoms with Gasteiger partial charge < -0.3 is 10.0 Å². The first-order chi connectivity index (χ1) is 7.92. The van der Waals surface area contributed by atoms with E-state index in [1.54, 1.807) is 17.9 Å². The fourth-order valence-corrected chi connectivity index (χ4v) is 2.27. The van der Waals surface area contributed by atoms with Gasteiger partial charge in [-0.1, -0.05) is 5.57 Å². The Bertz CT molecular complexity index is 384. The molecule has 2 fully saturated rings. The predicted octanol–water partition coefficient (Wildman–Crippen LogP) is 1.67. The van der Waals surface area contributed by atoms with Crippen LogP contribution >= 0.6 is 0 Å². The average Bonchev–Trinajstić information content (AvgIpc) is 3.02. The van der Waals surface area contributed by atoms with Gasteiger partial charge in [-0.05, 0) is 39.0 Å². The van der Waals surface area contributed by atoms with E-state index in [2.05, 4.69) is 0 Å². The van der Waals surface area contributed by atoms with Crippen molar-refractivity contribution in [1.82, 2.24) is 4.90 Å². The average molecular weight is 237 g/mol. The van der Waals surface area contributed by atoms with Crippen molar-refractivity contribution in [3.8, 4) is 0 Å². The zero-order valence-corrected chi connectivity index (χ0v) is 10.4. The van der Waals surface area contributed by atoms with Gasteiger partial charge in [0.05, 0.1) is 5.41 Å². The Kier molecular flexibility index (Phi) is 2.98. The van der Waals surface area contributed by atoms with Crippen molar-refractivity contribution in [2.45, 2.75) is 33.1 Å². The molecule has 1 heterocycles. The molecule has 0 radical (unpaired) electrons. The van der Waals surface area contributed by atoms with E-state index in [-0.39, 0.29) is 5.91 Å². The number of likely N-dealkylation sites (tertiary alicyclic amines) is 1. The maximum atomic E-state index is 12.0. The molecule has 4 heteroatoms. The molecule has 0 spiro atoms.